The highest BCUT2D eigenvalue weighted by molar-refractivity contribution is 6.17. The first kappa shape index (κ1) is 14.4. The van der Waals surface area contributed by atoms with E-state index < -0.39 is 11.4 Å². The molecule has 0 unspecified atom stereocenters. The number of fused-ring (bicyclic) bond motifs is 1. The molecule has 0 saturated carbocycles. The van der Waals surface area contributed by atoms with Gasteiger partial charge in [-0.05, 0) is 32.0 Å². The molecule has 20 heavy (non-hydrogen) atoms. The highest BCUT2D eigenvalue weighted by Crippen LogP contribution is 2.26. The fourth-order valence-electron chi connectivity index (χ4n) is 2.18. The number of hydrogen-bond donors (Lipinski definition) is 1. The summed E-state index contributed by atoms with van der Waals surface area (Å²) < 4.78 is 1.77. The van der Waals surface area contributed by atoms with Crippen LogP contribution in [0.4, 0.5) is 0 Å². The van der Waals surface area contributed by atoms with Crippen molar-refractivity contribution in [1.82, 2.24) is 9.55 Å². The summed E-state index contributed by atoms with van der Waals surface area (Å²) in [4.78, 5) is 16.2. The van der Waals surface area contributed by atoms with E-state index in [2.05, 4.69) is 11.1 Å². The third kappa shape index (κ3) is 2.23. The number of imidazole rings is 1. The Labute approximate surface area is 122 Å². The van der Waals surface area contributed by atoms with Crippen molar-refractivity contribution in [2.24, 2.45) is 5.73 Å². The standard InChI is InChI=1S/C14H15ClN4O/c1-14(2,13(17)20)19-11-7-9(8-16)3-4-10(11)18-12(19)5-6-15/h3-4,7H,5-6H2,1-2H3,(H2,17,20). The number of carbonyl (C=O) groups excluding carboxylic acids is 1. The van der Waals surface area contributed by atoms with Gasteiger partial charge < -0.3 is 10.3 Å². The molecule has 5 nitrogen and oxygen atoms in total. The Hall–Kier alpha value is -2.06. The number of nitrogens with two attached hydrogens (primary N) is 1. The lowest BCUT2D eigenvalue weighted by atomic mass is 10.0. The van der Waals surface area contributed by atoms with Crippen LogP contribution in [0.25, 0.3) is 11.0 Å². The zero-order valence-electron chi connectivity index (χ0n) is 11.4. The lowest BCUT2D eigenvalue weighted by Crippen LogP contribution is -2.42. The molecule has 0 spiro atoms. The third-order valence-corrected chi connectivity index (χ3v) is 3.52. The summed E-state index contributed by atoms with van der Waals surface area (Å²) in [6, 6.07) is 7.26. The molecular weight excluding hydrogens is 276 g/mol. The van der Waals surface area contributed by atoms with E-state index in [-0.39, 0.29) is 0 Å². The van der Waals surface area contributed by atoms with Gasteiger partial charge in [-0.3, -0.25) is 4.79 Å². The first-order chi connectivity index (χ1) is 9.41. The van der Waals surface area contributed by atoms with Gasteiger partial charge in [-0.2, -0.15) is 5.26 Å². The first-order valence-corrected chi connectivity index (χ1v) is 6.73. The molecule has 0 fully saturated rings. The summed E-state index contributed by atoms with van der Waals surface area (Å²) in [5.41, 5.74) is 6.51. The molecule has 2 N–H and O–H groups in total. The summed E-state index contributed by atoms with van der Waals surface area (Å²) in [5, 5.41) is 9.02. The largest absolute Gasteiger partial charge is 0.368 e. The molecule has 0 radical (unpaired) electrons. The van der Waals surface area contributed by atoms with Crippen LogP contribution in [0.15, 0.2) is 18.2 Å². The number of nitriles is 1. The van der Waals surface area contributed by atoms with Crippen molar-refractivity contribution in [2.75, 3.05) is 5.88 Å². The molecule has 104 valence electrons. The summed E-state index contributed by atoms with van der Waals surface area (Å²) in [7, 11) is 0. The zero-order chi connectivity index (χ0) is 14.9. The molecule has 1 amide bonds. The Morgan fingerprint density at radius 1 is 1.55 bits per heavy atom. The molecule has 2 rings (SSSR count). The van der Waals surface area contributed by atoms with E-state index in [0.717, 1.165) is 5.52 Å². The van der Waals surface area contributed by atoms with E-state index in [1.54, 1.807) is 36.6 Å². The number of rotatable bonds is 4. The van der Waals surface area contributed by atoms with Gasteiger partial charge in [0.1, 0.15) is 11.4 Å². The molecule has 0 saturated heterocycles. The Morgan fingerprint density at radius 3 is 2.80 bits per heavy atom. The maximum atomic E-state index is 11.7. The van der Waals surface area contributed by atoms with Crippen molar-refractivity contribution in [3.63, 3.8) is 0 Å². The lowest BCUT2D eigenvalue weighted by molar-refractivity contribution is -0.125. The Morgan fingerprint density at radius 2 is 2.25 bits per heavy atom. The molecule has 0 atom stereocenters. The van der Waals surface area contributed by atoms with E-state index in [0.29, 0.717) is 29.2 Å². The molecule has 0 aliphatic carbocycles. The van der Waals surface area contributed by atoms with E-state index >= 15 is 0 Å². The molecule has 1 aromatic heterocycles. The van der Waals surface area contributed by atoms with Gasteiger partial charge in [0, 0.05) is 12.3 Å². The molecule has 6 heteroatoms. The third-order valence-electron chi connectivity index (χ3n) is 3.33. The first-order valence-electron chi connectivity index (χ1n) is 6.19. The van der Waals surface area contributed by atoms with Crippen LogP contribution in [-0.4, -0.2) is 21.3 Å². The number of primary amides is 1. The Balaban J connectivity index is 2.80. The van der Waals surface area contributed by atoms with Crippen LogP contribution < -0.4 is 5.73 Å². The van der Waals surface area contributed by atoms with Gasteiger partial charge in [0.05, 0.1) is 22.7 Å². The van der Waals surface area contributed by atoms with Gasteiger partial charge in [0.25, 0.3) is 0 Å². The van der Waals surface area contributed by atoms with Crippen LogP contribution in [0.1, 0.15) is 25.2 Å². The van der Waals surface area contributed by atoms with Crippen molar-refractivity contribution in [3.05, 3.63) is 29.6 Å². The predicted octanol–water partition coefficient (Wildman–Crippen LogP) is 1.91. The fourth-order valence-corrected chi connectivity index (χ4v) is 2.35. The van der Waals surface area contributed by atoms with Gasteiger partial charge in [0.15, 0.2) is 0 Å². The second-order valence-electron chi connectivity index (χ2n) is 5.04. The summed E-state index contributed by atoms with van der Waals surface area (Å²) in [5.74, 6) is 0.618. The fraction of sp³-hybridized carbons (Fsp3) is 0.357. The predicted molar refractivity (Wildman–Crippen MR) is 77.4 cm³/mol. The average Bonchev–Trinajstić information content (AvgIpc) is 2.76. The van der Waals surface area contributed by atoms with Gasteiger partial charge >= 0.3 is 0 Å². The number of carbonyl (C=O) groups is 1. The van der Waals surface area contributed by atoms with Gasteiger partial charge in [-0.1, -0.05) is 0 Å². The topological polar surface area (TPSA) is 84.7 Å². The number of halogens is 1. The van der Waals surface area contributed by atoms with E-state index in [1.165, 1.54) is 0 Å². The van der Waals surface area contributed by atoms with E-state index in [4.69, 9.17) is 22.6 Å². The highest BCUT2D eigenvalue weighted by Gasteiger charge is 2.31. The molecule has 0 bridgehead atoms. The van der Waals surface area contributed by atoms with Crippen LogP contribution in [0.3, 0.4) is 0 Å². The van der Waals surface area contributed by atoms with Crippen LogP contribution in [0.5, 0.6) is 0 Å². The van der Waals surface area contributed by atoms with Crippen LogP contribution in [0, 0.1) is 11.3 Å². The monoisotopic (exact) mass is 290 g/mol. The molecule has 0 aliphatic heterocycles. The maximum Gasteiger partial charge on any atom is 0.243 e. The Bertz CT molecular complexity index is 712. The van der Waals surface area contributed by atoms with Crippen molar-refractivity contribution in [1.29, 1.82) is 5.26 Å². The number of hydrogen-bond acceptors (Lipinski definition) is 3. The SMILES string of the molecule is CC(C)(C(N)=O)n1c(CCCl)nc2ccc(C#N)cc21. The molecule has 1 aromatic carbocycles. The van der Waals surface area contributed by atoms with Gasteiger partial charge in [0.2, 0.25) is 5.91 Å². The average molecular weight is 291 g/mol. The van der Waals surface area contributed by atoms with Crippen molar-refractivity contribution < 1.29 is 4.79 Å². The number of benzene rings is 1. The zero-order valence-corrected chi connectivity index (χ0v) is 12.1. The lowest BCUT2D eigenvalue weighted by Gasteiger charge is -2.25. The number of alkyl halides is 1. The highest BCUT2D eigenvalue weighted by atomic mass is 35.5. The summed E-state index contributed by atoms with van der Waals surface area (Å²) in [6.45, 7) is 3.46. The molecule has 0 aliphatic rings. The normalized spacial score (nSPS) is 11.5. The smallest absolute Gasteiger partial charge is 0.243 e. The molecule has 1 heterocycles. The minimum absolute atomic E-state index is 0.392. The number of aryl methyl sites for hydroxylation is 1. The summed E-state index contributed by atoms with van der Waals surface area (Å²) >= 11 is 5.80. The number of nitrogens with zero attached hydrogens (tertiary/aromatic N) is 3. The van der Waals surface area contributed by atoms with Crippen molar-refractivity contribution in [3.8, 4) is 6.07 Å². The maximum absolute atomic E-state index is 11.7. The second kappa shape index (κ2) is 5.14. The summed E-state index contributed by atoms with van der Waals surface area (Å²) in [6.07, 6.45) is 0.523. The van der Waals surface area contributed by atoms with Crippen LogP contribution >= 0.6 is 11.6 Å². The molecular formula is C14H15ClN4O. The van der Waals surface area contributed by atoms with E-state index in [1.807, 2.05) is 0 Å². The number of aromatic nitrogens is 2. The number of amides is 1. The Kier molecular flexibility index (Phi) is 3.69. The van der Waals surface area contributed by atoms with Gasteiger partial charge in [-0.25, -0.2) is 4.98 Å². The molecule has 2 aromatic rings. The van der Waals surface area contributed by atoms with Crippen LogP contribution in [0.2, 0.25) is 0 Å². The minimum Gasteiger partial charge on any atom is -0.368 e. The minimum atomic E-state index is -0.940. The quantitative estimate of drug-likeness (QED) is 0.873. The van der Waals surface area contributed by atoms with Crippen LogP contribution in [-0.2, 0) is 16.8 Å². The van der Waals surface area contributed by atoms with Crippen molar-refractivity contribution >= 4 is 28.5 Å². The van der Waals surface area contributed by atoms with E-state index in [9.17, 15) is 4.79 Å². The van der Waals surface area contributed by atoms with Gasteiger partial charge in [-0.15, -0.1) is 11.6 Å². The van der Waals surface area contributed by atoms with Crippen molar-refractivity contribution in [2.45, 2.75) is 25.8 Å². The second-order valence-corrected chi connectivity index (χ2v) is 5.42.